The molecule has 1 fully saturated rings. The van der Waals surface area contributed by atoms with Gasteiger partial charge >= 0.3 is 5.97 Å². The summed E-state index contributed by atoms with van der Waals surface area (Å²) in [7, 11) is 1.32. The van der Waals surface area contributed by atoms with E-state index in [-0.39, 0.29) is 11.7 Å². The minimum absolute atomic E-state index is 0.0139. The van der Waals surface area contributed by atoms with E-state index >= 15 is 0 Å². The molecule has 0 aliphatic carbocycles. The fraction of sp³-hybridized carbons (Fsp3) is 0.348. The molecule has 0 amide bonds. The first-order chi connectivity index (χ1) is 15.6. The van der Waals surface area contributed by atoms with Crippen LogP contribution in [0.4, 0.5) is 0 Å². The Morgan fingerprint density at radius 3 is 2.91 bits per heavy atom. The van der Waals surface area contributed by atoms with E-state index in [4.69, 9.17) is 30.8 Å². The second-order valence-corrected chi connectivity index (χ2v) is 8.77. The van der Waals surface area contributed by atoms with Crippen LogP contribution in [0.3, 0.4) is 0 Å². The number of ether oxygens (including phenoxy) is 3. The van der Waals surface area contributed by atoms with Crippen LogP contribution in [0.2, 0.25) is 5.02 Å². The molecule has 1 atom stereocenters. The highest BCUT2D eigenvalue weighted by atomic mass is 35.5. The molecule has 9 heteroatoms. The lowest BCUT2D eigenvalue weighted by molar-refractivity contribution is 0.0601. The molecular formula is C23H23ClN2O5S. The van der Waals surface area contributed by atoms with Gasteiger partial charge in [-0.05, 0) is 43.2 Å². The van der Waals surface area contributed by atoms with E-state index in [0.717, 1.165) is 12.8 Å². The SMILES string of the molecule is COC(=O)c1ccc2c(=O)n(C[C@@H]3CCCO3)c(SCCOc3ccccc3Cl)nc2c1. The van der Waals surface area contributed by atoms with Gasteiger partial charge in [-0.3, -0.25) is 9.36 Å². The van der Waals surface area contributed by atoms with Crippen LogP contribution in [0.5, 0.6) is 5.75 Å². The summed E-state index contributed by atoms with van der Waals surface area (Å²) in [6.07, 6.45) is 1.88. The number of carbonyl (C=O) groups excluding carboxylic acids is 1. The number of aromatic nitrogens is 2. The Bertz CT molecular complexity index is 1180. The number of methoxy groups -OCH3 is 1. The van der Waals surface area contributed by atoms with Crippen molar-refractivity contribution in [3.63, 3.8) is 0 Å². The van der Waals surface area contributed by atoms with Gasteiger partial charge in [0, 0.05) is 12.4 Å². The molecule has 168 valence electrons. The standard InChI is InChI=1S/C23H23ClN2O5S/c1-29-22(28)15-8-9-17-19(13-15)25-23(26(21(17)27)14-16-5-4-10-30-16)32-12-11-31-20-7-3-2-6-18(20)24/h2-3,6-9,13,16H,4-5,10-12,14H2,1H3/t16-/m0/s1. The second-order valence-electron chi connectivity index (χ2n) is 7.30. The van der Waals surface area contributed by atoms with E-state index in [2.05, 4.69) is 0 Å². The van der Waals surface area contributed by atoms with Crippen LogP contribution < -0.4 is 10.3 Å². The summed E-state index contributed by atoms with van der Waals surface area (Å²) < 4.78 is 18.0. The molecule has 1 aliphatic heterocycles. The fourth-order valence-electron chi connectivity index (χ4n) is 3.56. The van der Waals surface area contributed by atoms with Crippen molar-refractivity contribution in [1.82, 2.24) is 9.55 Å². The zero-order valence-corrected chi connectivity index (χ0v) is 19.2. The maximum absolute atomic E-state index is 13.3. The van der Waals surface area contributed by atoms with Crippen LogP contribution in [0, 0.1) is 0 Å². The number of rotatable bonds is 8. The molecule has 0 N–H and O–H groups in total. The lowest BCUT2D eigenvalue weighted by atomic mass is 10.1. The number of para-hydroxylation sites is 1. The summed E-state index contributed by atoms with van der Waals surface area (Å²) >= 11 is 7.55. The number of esters is 1. The highest BCUT2D eigenvalue weighted by Gasteiger charge is 2.21. The third-order valence-electron chi connectivity index (χ3n) is 5.16. The topological polar surface area (TPSA) is 79.7 Å². The van der Waals surface area contributed by atoms with Crippen molar-refractivity contribution < 1.29 is 19.0 Å². The maximum Gasteiger partial charge on any atom is 0.337 e. The first-order valence-corrected chi connectivity index (χ1v) is 11.7. The predicted molar refractivity (Wildman–Crippen MR) is 124 cm³/mol. The number of carbonyl (C=O) groups is 1. The van der Waals surface area contributed by atoms with Gasteiger partial charge in [0.1, 0.15) is 5.75 Å². The number of nitrogens with zero attached hydrogens (tertiary/aromatic N) is 2. The second kappa shape index (κ2) is 10.4. The molecule has 32 heavy (non-hydrogen) atoms. The zero-order chi connectivity index (χ0) is 22.5. The molecule has 3 aromatic rings. The smallest absolute Gasteiger partial charge is 0.337 e. The molecule has 1 aliphatic rings. The summed E-state index contributed by atoms with van der Waals surface area (Å²) in [5.74, 6) is 0.700. The average Bonchev–Trinajstić information content (AvgIpc) is 3.32. The molecule has 4 rings (SSSR count). The van der Waals surface area contributed by atoms with E-state index in [9.17, 15) is 9.59 Å². The third-order valence-corrected chi connectivity index (χ3v) is 6.41. The number of benzene rings is 2. The molecule has 2 heterocycles. The summed E-state index contributed by atoms with van der Waals surface area (Å²) in [5, 5.41) is 1.56. The normalized spacial score (nSPS) is 15.8. The van der Waals surface area contributed by atoms with Crippen molar-refractivity contribution in [1.29, 1.82) is 0 Å². The largest absolute Gasteiger partial charge is 0.491 e. The fourth-order valence-corrected chi connectivity index (χ4v) is 4.57. The molecule has 0 unspecified atom stereocenters. The molecule has 2 aromatic carbocycles. The van der Waals surface area contributed by atoms with Gasteiger partial charge in [0.05, 0.1) is 47.9 Å². The Morgan fingerprint density at radius 2 is 2.16 bits per heavy atom. The minimum atomic E-state index is -0.473. The van der Waals surface area contributed by atoms with E-state index < -0.39 is 5.97 Å². The van der Waals surface area contributed by atoms with Crippen molar-refractivity contribution in [2.24, 2.45) is 0 Å². The van der Waals surface area contributed by atoms with Gasteiger partial charge in [0.2, 0.25) is 0 Å². The van der Waals surface area contributed by atoms with Gasteiger partial charge in [-0.1, -0.05) is 35.5 Å². The molecule has 0 saturated carbocycles. The van der Waals surface area contributed by atoms with Crippen molar-refractivity contribution in [2.45, 2.75) is 30.6 Å². The molecule has 1 aromatic heterocycles. The Hall–Kier alpha value is -2.55. The maximum atomic E-state index is 13.3. The quantitative estimate of drug-likeness (QED) is 0.209. The average molecular weight is 475 g/mol. The van der Waals surface area contributed by atoms with E-state index in [1.54, 1.807) is 28.8 Å². The first-order valence-electron chi connectivity index (χ1n) is 10.3. The summed E-state index contributed by atoms with van der Waals surface area (Å²) in [6, 6.07) is 12.1. The number of fused-ring (bicyclic) bond motifs is 1. The first kappa shape index (κ1) is 22.6. The zero-order valence-electron chi connectivity index (χ0n) is 17.6. The molecule has 1 saturated heterocycles. The van der Waals surface area contributed by atoms with E-state index in [1.165, 1.54) is 18.9 Å². The van der Waals surface area contributed by atoms with Crippen molar-refractivity contribution in [3.8, 4) is 5.75 Å². The van der Waals surface area contributed by atoms with Crippen LogP contribution in [-0.2, 0) is 16.0 Å². The van der Waals surface area contributed by atoms with Gasteiger partial charge in [0.15, 0.2) is 5.16 Å². The van der Waals surface area contributed by atoms with Crippen LogP contribution >= 0.6 is 23.4 Å². The highest BCUT2D eigenvalue weighted by Crippen LogP contribution is 2.25. The van der Waals surface area contributed by atoms with Gasteiger partial charge in [-0.15, -0.1) is 0 Å². The highest BCUT2D eigenvalue weighted by molar-refractivity contribution is 7.99. The summed E-state index contributed by atoms with van der Waals surface area (Å²) in [4.78, 5) is 29.9. The number of thioether (sulfide) groups is 1. The molecular weight excluding hydrogens is 452 g/mol. The molecule has 7 nitrogen and oxygen atoms in total. The number of hydrogen-bond acceptors (Lipinski definition) is 7. The Kier molecular flexibility index (Phi) is 7.34. The Morgan fingerprint density at radius 1 is 1.31 bits per heavy atom. The van der Waals surface area contributed by atoms with Gasteiger partial charge < -0.3 is 14.2 Å². The van der Waals surface area contributed by atoms with Crippen LogP contribution in [0.1, 0.15) is 23.2 Å². The van der Waals surface area contributed by atoms with Crippen LogP contribution in [0.25, 0.3) is 10.9 Å². The van der Waals surface area contributed by atoms with Crippen molar-refractivity contribution in [3.05, 3.63) is 63.4 Å². The molecule has 0 spiro atoms. The molecule has 0 bridgehead atoms. The number of hydrogen-bond donors (Lipinski definition) is 0. The monoisotopic (exact) mass is 474 g/mol. The van der Waals surface area contributed by atoms with E-state index in [1.807, 2.05) is 18.2 Å². The molecule has 0 radical (unpaired) electrons. The van der Waals surface area contributed by atoms with Gasteiger partial charge in [0.25, 0.3) is 5.56 Å². The van der Waals surface area contributed by atoms with Gasteiger partial charge in [-0.25, -0.2) is 9.78 Å². The lowest BCUT2D eigenvalue weighted by Crippen LogP contribution is -2.29. The lowest BCUT2D eigenvalue weighted by Gasteiger charge is -2.17. The van der Waals surface area contributed by atoms with Crippen LogP contribution in [-0.4, -0.2) is 47.7 Å². The Balaban J connectivity index is 1.60. The third kappa shape index (κ3) is 5.09. The van der Waals surface area contributed by atoms with E-state index in [0.29, 0.717) is 57.9 Å². The Labute approximate surface area is 194 Å². The van der Waals surface area contributed by atoms with Crippen LogP contribution in [0.15, 0.2) is 52.4 Å². The van der Waals surface area contributed by atoms with Crippen molar-refractivity contribution >= 4 is 40.2 Å². The minimum Gasteiger partial charge on any atom is -0.491 e. The van der Waals surface area contributed by atoms with Gasteiger partial charge in [-0.2, -0.15) is 0 Å². The summed E-state index contributed by atoms with van der Waals surface area (Å²) in [6.45, 7) is 1.54. The van der Waals surface area contributed by atoms with Crippen molar-refractivity contribution in [2.75, 3.05) is 26.1 Å². The summed E-state index contributed by atoms with van der Waals surface area (Å²) in [5.41, 5.74) is 0.647. The number of halogens is 1. The predicted octanol–water partition coefficient (Wildman–Crippen LogP) is 4.19.